The van der Waals surface area contributed by atoms with Crippen molar-refractivity contribution >= 4 is 17.6 Å². The predicted molar refractivity (Wildman–Crippen MR) is 107 cm³/mol. The van der Waals surface area contributed by atoms with E-state index in [1.54, 1.807) is 30.5 Å². The molecular weight excluding hydrogens is 388 g/mol. The Morgan fingerprint density at radius 3 is 2.70 bits per heavy atom. The second-order valence-corrected chi connectivity index (χ2v) is 7.74. The van der Waals surface area contributed by atoms with Crippen LogP contribution in [-0.2, 0) is 9.53 Å². The van der Waals surface area contributed by atoms with E-state index in [-0.39, 0.29) is 30.8 Å². The normalized spacial score (nSPS) is 21.1. The van der Waals surface area contributed by atoms with E-state index in [0.717, 1.165) is 25.7 Å². The lowest BCUT2D eigenvalue weighted by atomic mass is 10.0. The number of likely N-dealkylation sites (tertiary alicyclic amines) is 1. The Hall–Kier alpha value is -3.07. The number of hydrogen-bond acceptors (Lipinski definition) is 6. The molecule has 9 nitrogen and oxygen atoms in total. The van der Waals surface area contributed by atoms with Gasteiger partial charge in [0.2, 0.25) is 6.79 Å². The molecule has 158 valence electrons. The third-order valence-electron chi connectivity index (χ3n) is 5.87. The largest absolute Gasteiger partial charge is 0.454 e. The standard InChI is InChI=1S/C21H24N4O5/c26-20(14-3-4-16-18(12-14)30-13-29-16)23-19-5-8-22-25(19)15-6-9-24(10-7-15)21(27)17-2-1-11-28-17/h3-5,8,12,15,17H,1-2,6-7,9-11,13H2,(H,23,26)/t17-/m1/s1. The van der Waals surface area contributed by atoms with E-state index < -0.39 is 0 Å². The van der Waals surface area contributed by atoms with Crippen molar-refractivity contribution in [2.24, 2.45) is 0 Å². The van der Waals surface area contributed by atoms with Crippen LogP contribution in [0.3, 0.4) is 0 Å². The Kier molecular flexibility index (Phi) is 5.04. The molecule has 9 heteroatoms. The first-order valence-electron chi connectivity index (χ1n) is 10.3. The number of aromatic nitrogens is 2. The molecule has 1 N–H and O–H groups in total. The van der Waals surface area contributed by atoms with E-state index in [1.807, 2.05) is 9.58 Å². The van der Waals surface area contributed by atoms with Gasteiger partial charge in [0, 0.05) is 31.3 Å². The molecule has 3 aliphatic rings. The summed E-state index contributed by atoms with van der Waals surface area (Å²) < 4.78 is 18.0. The van der Waals surface area contributed by atoms with Crippen molar-refractivity contribution in [1.29, 1.82) is 0 Å². The summed E-state index contributed by atoms with van der Waals surface area (Å²) >= 11 is 0. The lowest BCUT2D eigenvalue weighted by Gasteiger charge is -2.33. The lowest BCUT2D eigenvalue weighted by molar-refractivity contribution is -0.142. The van der Waals surface area contributed by atoms with Crippen molar-refractivity contribution in [3.8, 4) is 11.5 Å². The minimum atomic E-state index is -0.275. The summed E-state index contributed by atoms with van der Waals surface area (Å²) in [4.78, 5) is 27.2. The van der Waals surface area contributed by atoms with Gasteiger partial charge in [-0.15, -0.1) is 0 Å². The van der Waals surface area contributed by atoms with Crippen LogP contribution in [0.15, 0.2) is 30.5 Å². The van der Waals surface area contributed by atoms with Crippen LogP contribution in [0, 0.1) is 0 Å². The minimum Gasteiger partial charge on any atom is -0.454 e. The van der Waals surface area contributed by atoms with Gasteiger partial charge in [-0.3, -0.25) is 9.59 Å². The predicted octanol–water partition coefficient (Wildman–Crippen LogP) is 2.21. The highest BCUT2D eigenvalue weighted by molar-refractivity contribution is 6.04. The smallest absolute Gasteiger partial charge is 0.256 e. The lowest BCUT2D eigenvalue weighted by Crippen LogP contribution is -2.44. The molecule has 4 heterocycles. The highest BCUT2D eigenvalue weighted by Crippen LogP contribution is 2.33. The molecule has 2 aromatic rings. The fraction of sp³-hybridized carbons (Fsp3) is 0.476. The summed E-state index contributed by atoms with van der Waals surface area (Å²) in [5.74, 6) is 1.71. The van der Waals surface area contributed by atoms with Gasteiger partial charge in [0.15, 0.2) is 11.5 Å². The molecule has 1 aromatic carbocycles. The van der Waals surface area contributed by atoms with Gasteiger partial charge in [-0.05, 0) is 43.9 Å². The maximum absolute atomic E-state index is 12.7. The van der Waals surface area contributed by atoms with Gasteiger partial charge in [0.25, 0.3) is 11.8 Å². The minimum absolute atomic E-state index is 0.0998. The highest BCUT2D eigenvalue weighted by Gasteiger charge is 2.32. The van der Waals surface area contributed by atoms with Crippen LogP contribution in [0.4, 0.5) is 5.82 Å². The van der Waals surface area contributed by atoms with Crippen molar-refractivity contribution in [2.75, 3.05) is 31.8 Å². The van der Waals surface area contributed by atoms with E-state index in [4.69, 9.17) is 14.2 Å². The number of rotatable bonds is 4. The number of carbonyl (C=O) groups excluding carboxylic acids is 2. The van der Waals surface area contributed by atoms with Crippen LogP contribution in [-0.4, -0.2) is 59.1 Å². The summed E-state index contributed by atoms with van der Waals surface area (Å²) in [6.07, 6.45) is 4.74. The summed E-state index contributed by atoms with van der Waals surface area (Å²) in [6, 6.07) is 7.02. The van der Waals surface area contributed by atoms with Gasteiger partial charge in [0.1, 0.15) is 11.9 Å². The molecule has 1 aromatic heterocycles. The number of amides is 2. The number of ether oxygens (including phenoxy) is 3. The summed E-state index contributed by atoms with van der Waals surface area (Å²) in [5, 5.41) is 7.36. The Labute approximate surface area is 173 Å². The van der Waals surface area contributed by atoms with Crippen molar-refractivity contribution in [1.82, 2.24) is 14.7 Å². The van der Waals surface area contributed by atoms with Crippen LogP contribution in [0.5, 0.6) is 11.5 Å². The average molecular weight is 412 g/mol. The summed E-state index contributed by atoms with van der Waals surface area (Å²) in [7, 11) is 0. The van der Waals surface area contributed by atoms with Crippen molar-refractivity contribution in [3.63, 3.8) is 0 Å². The fourth-order valence-electron chi connectivity index (χ4n) is 4.24. The first-order valence-corrected chi connectivity index (χ1v) is 10.3. The van der Waals surface area contributed by atoms with Gasteiger partial charge >= 0.3 is 0 Å². The zero-order chi connectivity index (χ0) is 20.5. The van der Waals surface area contributed by atoms with Crippen LogP contribution >= 0.6 is 0 Å². The molecule has 1 atom stereocenters. The average Bonchev–Trinajstić information content (AvgIpc) is 3.54. The first-order chi connectivity index (χ1) is 14.7. The molecule has 5 rings (SSSR count). The van der Waals surface area contributed by atoms with Gasteiger partial charge in [-0.2, -0.15) is 5.10 Å². The van der Waals surface area contributed by atoms with Crippen molar-refractivity contribution in [3.05, 3.63) is 36.0 Å². The van der Waals surface area contributed by atoms with E-state index in [2.05, 4.69) is 10.4 Å². The Morgan fingerprint density at radius 1 is 1.07 bits per heavy atom. The zero-order valence-corrected chi connectivity index (χ0v) is 16.6. The molecule has 0 bridgehead atoms. The van der Waals surface area contributed by atoms with Gasteiger partial charge in [0.05, 0.1) is 12.2 Å². The first kappa shape index (κ1) is 18.9. The number of hydrogen-bond donors (Lipinski definition) is 1. The summed E-state index contributed by atoms with van der Waals surface area (Å²) in [6.45, 7) is 2.17. The number of carbonyl (C=O) groups is 2. The van der Waals surface area contributed by atoms with E-state index in [1.165, 1.54) is 0 Å². The summed E-state index contributed by atoms with van der Waals surface area (Å²) in [5.41, 5.74) is 0.490. The second-order valence-electron chi connectivity index (χ2n) is 7.74. The van der Waals surface area contributed by atoms with Crippen molar-refractivity contribution < 1.29 is 23.8 Å². The SMILES string of the molecule is O=C(Nc1ccnn1C1CCN(C(=O)[C@H]2CCCO2)CC1)c1ccc2c(c1)OCO2. The number of benzene rings is 1. The van der Waals surface area contributed by atoms with E-state index >= 15 is 0 Å². The second kappa shape index (κ2) is 7.98. The maximum Gasteiger partial charge on any atom is 0.256 e. The molecule has 2 amide bonds. The van der Waals surface area contributed by atoms with Crippen LogP contribution < -0.4 is 14.8 Å². The molecule has 0 aliphatic carbocycles. The number of piperidine rings is 1. The molecule has 2 fully saturated rings. The Balaban J connectivity index is 1.22. The van der Waals surface area contributed by atoms with Gasteiger partial charge < -0.3 is 24.4 Å². The molecule has 30 heavy (non-hydrogen) atoms. The van der Waals surface area contributed by atoms with Crippen LogP contribution in [0.1, 0.15) is 42.1 Å². The Morgan fingerprint density at radius 2 is 1.90 bits per heavy atom. The molecule has 0 saturated carbocycles. The molecule has 0 unspecified atom stereocenters. The maximum atomic E-state index is 12.7. The van der Waals surface area contributed by atoms with Crippen LogP contribution in [0.25, 0.3) is 0 Å². The molecule has 2 saturated heterocycles. The van der Waals surface area contributed by atoms with Gasteiger partial charge in [-0.1, -0.05) is 0 Å². The number of fused-ring (bicyclic) bond motifs is 1. The quantitative estimate of drug-likeness (QED) is 0.827. The zero-order valence-electron chi connectivity index (χ0n) is 16.6. The fourth-order valence-corrected chi connectivity index (χ4v) is 4.24. The van der Waals surface area contributed by atoms with E-state index in [9.17, 15) is 9.59 Å². The topological polar surface area (TPSA) is 94.9 Å². The number of nitrogens with zero attached hydrogens (tertiary/aromatic N) is 3. The molecule has 0 spiro atoms. The highest BCUT2D eigenvalue weighted by atomic mass is 16.7. The van der Waals surface area contributed by atoms with Crippen molar-refractivity contribution in [2.45, 2.75) is 37.8 Å². The van der Waals surface area contributed by atoms with Gasteiger partial charge in [-0.25, -0.2) is 4.68 Å². The van der Waals surface area contributed by atoms with Crippen LogP contribution in [0.2, 0.25) is 0 Å². The molecule has 0 radical (unpaired) electrons. The monoisotopic (exact) mass is 412 g/mol. The molecule has 3 aliphatic heterocycles. The third-order valence-corrected chi connectivity index (χ3v) is 5.87. The number of anilines is 1. The molecular formula is C21H24N4O5. The Bertz CT molecular complexity index is 945. The number of nitrogens with one attached hydrogen (secondary N) is 1. The third kappa shape index (κ3) is 3.60. The van der Waals surface area contributed by atoms with E-state index in [0.29, 0.717) is 42.6 Å².